The summed E-state index contributed by atoms with van der Waals surface area (Å²) in [5, 5.41) is 5.19. The molecule has 1 saturated heterocycles. The fraction of sp³-hybridized carbons (Fsp3) is 0.353. The van der Waals surface area contributed by atoms with E-state index in [1.165, 1.54) is 28.0 Å². The molecule has 1 fully saturated rings. The Hall–Kier alpha value is -3.74. The Morgan fingerprint density at radius 1 is 0.978 bits per heavy atom. The Bertz CT molecular complexity index is 1560. The summed E-state index contributed by atoms with van der Waals surface area (Å²) >= 11 is 4.52. The van der Waals surface area contributed by atoms with E-state index in [9.17, 15) is 19.2 Å². The molecule has 0 bridgehead atoms. The molecule has 3 amide bonds. The van der Waals surface area contributed by atoms with E-state index in [1.807, 2.05) is 79.1 Å². The van der Waals surface area contributed by atoms with Gasteiger partial charge in [0.2, 0.25) is 5.91 Å². The van der Waals surface area contributed by atoms with E-state index in [4.69, 9.17) is 9.47 Å². The van der Waals surface area contributed by atoms with Gasteiger partial charge in [-0.15, -0.1) is 23.1 Å². The highest BCUT2D eigenvalue weighted by atomic mass is 32.2. The van der Waals surface area contributed by atoms with E-state index in [0.717, 1.165) is 26.5 Å². The maximum Gasteiger partial charge on any atom is 0.407 e. The number of hydrogen-bond acceptors (Lipinski definition) is 9. The molecular weight excluding hydrogens is 643 g/mol. The van der Waals surface area contributed by atoms with E-state index in [1.54, 1.807) is 32.5 Å². The van der Waals surface area contributed by atoms with Crippen LogP contribution in [-0.4, -0.2) is 63.6 Å². The van der Waals surface area contributed by atoms with Crippen LogP contribution in [0.1, 0.15) is 47.8 Å². The summed E-state index contributed by atoms with van der Waals surface area (Å²) in [6.45, 7) is 5.68. The van der Waals surface area contributed by atoms with Crippen molar-refractivity contribution >= 4 is 58.7 Å². The third-order valence-electron chi connectivity index (χ3n) is 7.16. The second kappa shape index (κ2) is 14.8. The fourth-order valence-corrected chi connectivity index (χ4v) is 8.19. The number of β-lactam (4-membered cyclic amide) rings is 1. The van der Waals surface area contributed by atoms with E-state index < -0.39 is 35.2 Å². The summed E-state index contributed by atoms with van der Waals surface area (Å²) in [6.07, 6.45) is 0.893. The molecule has 0 spiro atoms. The van der Waals surface area contributed by atoms with Gasteiger partial charge in [0.25, 0.3) is 5.91 Å². The van der Waals surface area contributed by atoms with E-state index in [2.05, 4.69) is 10.6 Å². The number of carbonyl (C=O) groups is 4. The first-order valence-corrected chi connectivity index (χ1v) is 18.1. The first-order valence-electron chi connectivity index (χ1n) is 14.8. The number of thioether (sulfide) groups is 2. The number of esters is 1. The molecule has 3 heterocycles. The Kier molecular flexibility index (Phi) is 10.8. The molecule has 0 aliphatic carbocycles. The number of rotatable bonds is 11. The zero-order valence-electron chi connectivity index (χ0n) is 26.1. The van der Waals surface area contributed by atoms with Gasteiger partial charge in [-0.05, 0) is 55.9 Å². The summed E-state index contributed by atoms with van der Waals surface area (Å²) in [4.78, 5) is 55.6. The maximum atomic E-state index is 13.9. The quantitative estimate of drug-likeness (QED) is 0.197. The largest absolute Gasteiger partial charge is 0.448 e. The summed E-state index contributed by atoms with van der Waals surface area (Å²) in [6, 6.07) is 22.0. The molecule has 1 aromatic heterocycles. The van der Waals surface area contributed by atoms with Gasteiger partial charge >= 0.3 is 12.1 Å². The van der Waals surface area contributed by atoms with Crippen LogP contribution in [0.25, 0.3) is 0 Å². The van der Waals surface area contributed by atoms with Gasteiger partial charge in [-0.1, -0.05) is 60.7 Å². The van der Waals surface area contributed by atoms with Crippen molar-refractivity contribution in [1.29, 1.82) is 0 Å². The molecule has 5 rings (SSSR count). The lowest BCUT2D eigenvalue weighted by atomic mass is 10.0. The molecule has 2 aliphatic heterocycles. The lowest BCUT2D eigenvalue weighted by Gasteiger charge is -2.49. The van der Waals surface area contributed by atoms with Crippen LogP contribution in [0.15, 0.2) is 84.1 Å². The summed E-state index contributed by atoms with van der Waals surface area (Å²) in [5.41, 5.74) is 2.17. The second-order valence-corrected chi connectivity index (χ2v) is 15.1. The van der Waals surface area contributed by atoms with Crippen molar-refractivity contribution in [2.75, 3.05) is 17.8 Å². The molecule has 46 heavy (non-hydrogen) atoms. The van der Waals surface area contributed by atoms with Gasteiger partial charge < -0.3 is 20.1 Å². The number of carbonyl (C=O) groups excluding carboxylic acids is 4. The normalized spacial score (nSPS) is 17.7. The smallest absolute Gasteiger partial charge is 0.407 e. The average molecular weight is 680 g/mol. The highest BCUT2D eigenvalue weighted by Gasteiger charge is 2.54. The van der Waals surface area contributed by atoms with E-state index in [-0.39, 0.29) is 30.5 Å². The first-order chi connectivity index (χ1) is 22.0. The monoisotopic (exact) mass is 679 g/mol. The molecule has 2 aliphatic rings. The summed E-state index contributed by atoms with van der Waals surface area (Å²) in [5.74, 6) is -0.0533. The minimum Gasteiger partial charge on any atom is -0.448 e. The van der Waals surface area contributed by atoms with Crippen LogP contribution in [-0.2, 0) is 36.8 Å². The number of benzene rings is 2. The standard InChI is InChI=1S/C34H37N3O6S3/c1-34(2,3)43-33(41)35-18-25-16-15-24(46-25)17-26(38)36-27-30(39)37-28(23(19-44-4)20-45-31(27)37)32(40)42-29(21-11-7-5-8-12-21)22-13-9-6-10-14-22/h5-16,27,29,31H,17-20H2,1-4H3,(H,35,41)(H,36,38)/t27-,31-/m1/s1. The predicted molar refractivity (Wildman–Crippen MR) is 182 cm³/mol. The van der Waals surface area contributed by atoms with Gasteiger partial charge in [0.05, 0.1) is 13.0 Å². The summed E-state index contributed by atoms with van der Waals surface area (Å²) in [7, 11) is 0. The van der Waals surface area contributed by atoms with Crippen molar-refractivity contribution < 1.29 is 28.7 Å². The molecule has 3 aromatic rings. The van der Waals surface area contributed by atoms with E-state index >= 15 is 0 Å². The van der Waals surface area contributed by atoms with Crippen molar-refractivity contribution in [2.24, 2.45) is 0 Å². The lowest BCUT2D eigenvalue weighted by Crippen LogP contribution is -2.70. The number of thiophene rings is 1. The van der Waals surface area contributed by atoms with Gasteiger partial charge in [0.1, 0.15) is 22.7 Å². The van der Waals surface area contributed by atoms with Gasteiger partial charge in [-0.25, -0.2) is 9.59 Å². The minimum atomic E-state index is -0.747. The third-order valence-corrected chi connectivity index (χ3v) is 10.2. The van der Waals surface area contributed by atoms with Crippen LogP contribution in [0.5, 0.6) is 0 Å². The number of amides is 3. The Morgan fingerprint density at radius 3 is 2.22 bits per heavy atom. The SMILES string of the molecule is CSCC1=C(C(=O)OC(c2ccccc2)c2ccccc2)N2C(=O)[C@@H](NC(=O)Cc3ccc(CNC(=O)OC(C)(C)C)s3)[C@H]2SC1. The lowest BCUT2D eigenvalue weighted by molar-refractivity contribution is -0.154. The van der Waals surface area contributed by atoms with Crippen LogP contribution < -0.4 is 10.6 Å². The molecular formula is C34H37N3O6S3. The van der Waals surface area contributed by atoms with Crippen molar-refractivity contribution in [3.05, 3.63) is 105 Å². The molecule has 0 unspecified atom stereocenters. The molecule has 9 nitrogen and oxygen atoms in total. The molecule has 242 valence electrons. The van der Waals surface area contributed by atoms with Gasteiger partial charge in [0.15, 0.2) is 6.10 Å². The minimum absolute atomic E-state index is 0.0938. The Labute approximate surface area is 281 Å². The van der Waals surface area contributed by atoms with Crippen LogP contribution in [0.4, 0.5) is 4.79 Å². The zero-order chi connectivity index (χ0) is 32.8. The zero-order valence-corrected chi connectivity index (χ0v) is 28.6. The van der Waals surface area contributed by atoms with Gasteiger partial charge in [-0.2, -0.15) is 11.8 Å². The highest BCUT2D eigenvalue weighted by Crippen LogP contribution is 2.42. The number of hydrogen-bond donors (Lipinski definition) is 2. The molecule has 0 radical (unpaired) electrons. The van der Waals surface area contributed by atoms with Crippen molar-refractivity contribution in [3.8, 4) is 0 Å². The Morgan fingerprint density at radius 2 is 1.61 bits per heavy atom. The van der Waals surface area contributed by atoms with Crippen LogP contribution in [0, 0.1) is 0 Å². The molecule has 2 aromatic carbocycles. The van der Waals surface area contributed by atoms with Crippen molar-refractivity contribution in [2.45, 2.75) is 56.9 Å². The maximum absolute atomic E-state index is 13.9. The van der Waals surface area contributed by atoms with Crippen LogP contribution in [0.2, 0.25) is 0 Å². The van der Waals surface area contributed by atoms with Crippen LogP contribution >= 0.6 is 34.9 Å². The van der Waals surface area contributed by atoms with E-state index in [0.29, 0.717) is 11.5 Å². The number of nitrogens with one attached hydrogen (secondary N) is 2. The third kappa shape index (κ3) is 8.15. The number of ether oxygens (including phenoxy) is 2. The topological polar surface area (TPSA) is 114 Å². The molecule has 0 saturated carbocycles. The van der Waals surface area contributed by atoms with Gasteiger partial charge in [0, 0.05) is 21.3 Å². The van der Waals surface area contributed by atoms with Crippen molar-refractivity contribution in [3.63, 3.8) is 0 Å². The Balaban J connectivity index is 1.24. The molecule has 2 N–H and O–H groups in total. The second-order valence-electron chi connectivity index (χ2n) is 11.8. The van der Waals surface area contributed by atoms with Crippen LogP contribution in [0.3, 0.4) is 0 Å². The summed E-state index contributed by atoms with van der Waals surface area (Å²) < 4.78 is 11.4. The fourth-order valence-electron chi connectivity index (χ4n) is 5.17. The highest BCUT2D eigenvalue weighted by molar-refractivity contribution is 8.00. The number of fused-ring (bicyclic) bond motifs is 1. The molecule has 2 atom stereocenters. The predicted octanol–water partition coefficient (Wildman–Crippen LogP) is 5.67. The first kappa shape index (κ1) is 33.6. The van der Waals surface area contributed by atoms with Gasteiger partial charge in [-0.3, -0.25) is 14.5 Å². The number of alkyl carbamates (subject to hydrolysis) is 1. The average Bonchev–Trinajstić information content (AvgIpc) is 3.48. The molecule has 12 heteroatoms. The number of nitrogens with zero attached hydrogens (tertiary/aromatic N) is 1. The van der Waals surface area contributed by atoms with Crippen molar-refractivity contribution in [1.82, 2.24) is 15.5 Å².